The first-order valence-electron chi connectivity index (χ1n) is 9.16. The zero-order valence-corrected chi connectivity index (χ0v) is 16.4. The summed E-state index contributed by atoms with van der Waals surface area (Å²) in [6.45, 7) is 1.38. The zero-order chi connectivity index (χ0) is 22.4. The van der Waals surface area contributed by atoms with Gasteiger partial charge in [-0.15, -0.1) is 0 Å². The number of carbonyl (C=O) groups excluding carboxylic acids is 2. The third-order valence-electron chi connectivity index (χ3n) is 4.26. The average molecular weight is 429 g/mol. The second-order valence-corrected chi connectivity index (χ2v) is 6.56. The van der Waals surface area contributed by atoms with Gasteiger partial charge in [0.05, 0.1) is 5.71 Å². The molecule has 0 heterocycles. The first kappa shape index (κ1) is 21.8. The van der Waals surface area contributed by atoms with Gasteiger partial charge >= 0.3 is 12.1 Å². The van der Waals surface area contributed by atoms with Crippen LogP contribution < -0.4 is 15.5 Å². The van der Waals surface area contributed by atoms with Gasteiger partial charge in [-0.2, -0.15) is 18.3 Å². The van der Waals surface area contributed by atoms with Crippen molar-refractivity contribution in [1.29, 1.82) is 0 Å². The van der Waals surface area contributed by atoms with Crippen LogP contribution in [0.5, 0.6) is 5.75 Å². The molecule has 0 aliphatic carbocycles. The average Bonchev–Trinajstić information content (AvgIpc) is 2.75. The molecule has 3 rings (SSSR count). The van der Waals surface area contributed by atoms with Crippen LogP contribution in [0.25, 0.3) is 10.8 Å². The molecule has 0 bridgehead atoms. The molecule has 2 amide bonds. The van der Waals surface area contributed by atoms with Crippen molar-refractivity contribution in [3.8, 4) is 5.75 Å². The van der Waals surface area contributed by atoms with E-state index >= 15 is 0 Å². The van der Waals surface area contributed by atoms with E-state index in [1.165, 1.54) is 24.3 Å². The van der Waals surface area contributed by atoms with Crippen LogP contribution in [0.3, 0.4) is 0 Å². The molecule has 0 spiro atoms. The van der Waals surface area contributed by atoms with Gasteiger partial charge < -0.3 is 10.1 Å². The number of fused-ring (bicyclic) bond motifs is 1. The molecule has 0 radical (unpaired) electrons. The number of hydrogen-bond acceptors (Lipinski definition) is 4. The Kier molecular flexibility index (Phi) is 6.54. The van der Waals surface area contributed by atoms with Crippen LogP contribution in [0.15, 0.2) is 71.8 Å². The largest absolute Gasteiger partial charge is 0.484 e. The highest BCUT2D eigenvalue weighted by molar-refractivity contribution is 6.00. The predicted octanol–water partition coefficient (Wildman–Crippen LogP) is 4.26. The van der Waals surface area contributed by atoms with Crippen LogP contribution in [-0.2, 0) is 9.59 Å². The van der Waals surface area contributed by atoms with E-state index in [1.807, 2.05) is 36.4 Å². The molecule has 9 heteroatoms. The highest BCUT2D eigenvalue weighted by Gasteiger charge is 2.38. The number of halogens is 3. The fourth-order valence-electron chi connectivity index (χ4n) is 2.65. The Morgan fingerprint density at radius 1 is 0.968 bits per heavy atom. The van der Waals surface area contributed by atoms with E-state index in [1.54, 1.807) is 18.3 Å². The van der Waals surface area contributed by atoms with Gasteiger partial charge in [-0.1, -0.05) is 42.5 Å². The zero-order valence-electron chi connectivity index (χ0n) is 16.4. The number of rotatable bonds is 6. The van der Waals surface area contributed by atoms with Gasteiger partial charge in [0.15, 0.2) is 6.61 Å². The molecule has 0 fully saturated rings. The van der Waals surface area contributed by atoms with E-state index in [-0.39, 0.29) is 12.3 Å². The molecule has 6 nitrogen and oxygen atoms in total. The van der Waals surface area contributed by atoms with Gasteiger partial charge in [0.25, 0.3) is 5.91 Å². The number of nitrogens with zero attached hydrogens (tertiary/aromatic N) is 1. The summed E-state index contributed by atoms with van der Waals surface area (Å²) in [5.41, 5.74) is 3.33. The van der Waals surface area contributed by atoms with Gasteiger partial charge in [0.2, 0.25) is 0 Å². The number of nitrogens with one attached hydrogen (secondary N) is 2. The predicted molar refractivity (Wildman–Crippen MR) is 111 cm³/mol. The number of carbonyl (C=O) groups is 2. The standard InChI is InChI=1S/C22H18F3N3O3/c1-14(15-6-9-18(10-7-15)26-21(30)22(23,24)25)27-28-20(29)13-31-19-11-8-16-4-2-3-5-17(16)12-19/h2-12H,13H2,1H3,(H,26,30)(H,28,29). The van der Waals surface area contributed by atoms with E-state index in [0.717, 1.165) is 10.8 Å². The Hall–Kier alpha value is -3.88. The molecule has 31 heavy (non-hydrogen) atoms. The molecule has 160 valence electrons. The number of ether oxygens (including phenoxy) is 1. The van der Waals surface area contributed by atoms with E-state index in [9.17, 15) is 22.8 Å². The number of anilines is 1. The molecule has 0 aliphatic heterocycles. The van der Waals surface area contributed by atoms with Crippen LogP contribution in [0.1, 0.15) is 12.5 Å². The van der Waals surface area contributed by atoms with Crippen LogP contribution >= 0.6 is 0 Å². The van der Waals surface area contributed by atoms with Crippen molar-refractivity contribution < 1.29 is 27.5 Å². The molecule has 0 aromatic heterocycles. The SMILES string of the molecule is CC(=NNC(=O)COc1ccc2ccccc2c1)c1ccc(NC(=O)C(F)(F)F)cc1. The molecule has 2 N–H and O–H groups in total. The minimum Gasteiger partial charge on any atom is -0.484 e. The number of alkyl halides is 3. The van der Waals surface area contributed by atoms with Crippen molar-refractivity contribution >= 4 is 34.0 Å². The van der Waals surface area contributed by atoms with Crippen LogP contribution in [0, 0.1) is 0 Å². The second kappa shape index (κ2) is 9.29. The van der Waals surface area contributed by atoms with Gasteiger partial charge in [-0.25, -0.2) is 5.43 Å². The lowest BCUT2D eigenvalue weighted by molar-refractivity contribution is -0.167. The Bertz CT molecular complexity index is 1130. The van der Waals surface area contributed by atoms with E-state index in [0.29, 0.717) is 17.0 Å². The fraction of sp³-hybridized carbons (Fsp3) is 0.136. The maximum absolute atomic E-state index is 12.3. The van der Waals surface area contributed by atoms with Crippen molar-refractivity contribution in [3.63, 3.8) is 0 Å². The highest BCUT2D eigenvalue weighted by atomic mass is 19.4. The fourth-order valence-corrected chi connectivity index (χ4v) is 2.65. The van der Waals surface area contributed by atoms with Crippen LogP contribution in [-0.4, -0.2) is 30.3 Å². The minimum absolute atomic E-state index is 0.00769. The quantitative estimate of drug-likeness (QED) is 0.454. The van der Waals surface area contributed by atoms with Gasteiger partial charge in [0.1, 0.15) is 5.75 Å². The summed E-state index contributed by atoms with van der Waals surface area (Å²) in [5, 5.41) is 7.76. The third-order valence-corrected chi connectivity index (χ3v) is 4.26. The monoisotopic (exact) mass is 429 g/mol. The Balaban J connectivity index is 1.53. The van der Waals surface area contributed by atoms with Crippen molar-refractivity contribution in [2.45, 2.75) is 13.1 Å². The molecule has 0 unspecified atom stereocenters. The third kappa shape index (κ3) is 6.05. The van der Waals surface area contributed by atoms with Gasteiger partial charge in [-0.05, 0) is 47.5 Å². The summed E-state index contributed by atoms with van der Waals surface area (Å²) >= 11 is 0. The normalized spacial score (nSPS) is 11.8. The molecule has 0 atom stereocenters. The van der Waals surface area contributed by atoms with Crippen molar-refractivity contribution in [3.05, 3.63) is 72.3 Å². The molecule has 0 saturated carbocycles. The molecule has 3 aromatic carbocycles. The Morgan fingerprint density at radius 3 is 2.32 bits per heavy atom. The maximum atomic E-state index is 12.3. The molecular formula is C22H18F3N3O3. The van der Waals surface area contributed by atoms with Gasteiger partial charge in [-0.3, -0.25) is 9.59 Å². The summed E-state index contributed by atoms with van der Waals surface area (Å²) in [6.07, 6.45) is -4.96. The molecular weight excluding hydrogens is 411 g/mol. The number of amides is 2. The smallest absolute Gasteiger partial charge is 0.471 e. The summed E-state index contributed by atoms with van der Waals surface area (Å²) in [7, 11) is 0. The Labute approximate surface area is 175 Å². The summed E-state index contributed by atoms with van der Waals surface area (Å²) in [4.78, 5) is 22.9. The number of hydrogen-bond donors (Lipinski definition) is 2. The maximum Gasteiger partial charge on any atom is 0.471 e. The summed E-state index contributed by atoms with van der Waals surface area (Å²) in [5.74, 6) is -1.98. The van der Waals surface area contributed by atoms with Crippen molar-refractivity contribution in [1.82, 2.24) is 5.43 Å². The number of hydrazone groups is 1. The Morgan fingerprint density at radius 2 is 1.65 bits per heavy atom. The first-order chi connectivity index (χ1) is 14.7. The lowest BCUT2D eigenvalue weighted by Gasteiger charge is -2.09. The van der Waals surface area contributed by atoms with Gasteiger partial charge in [0, 0.05) is 5.69 Å². The van der Waals surface area contributed by atoms with Crippen molar-refractivity contribution in [2.75, 3.05) is 11.9 Å². The first-order valence-corrected chi connectivity index (χ1v) is 9.16. The topological polar surface area (TPSA) is 79.8 Å². The van der Waals surface area contributed by atoms with Crippen LogP contribution in [0.2, 0.25) is 0 Å². The highest BCUT2D eigenvalue weighted by Crippen LogP contribution is 2.21. The minimum atomic E-state index is -4.96. The van der Waals surface area contributed by atoms with E-state index in [4.69, 9.17) is 4.74 Å². The lowest BCUT2D eigenvalue weighted by atomic mass is 10.1. The molecule has 0 aliphatic rings. The second-order valence-electron chi connectivity index (χ2n) is 6.56. The molecule has 3 aromatic rings. The summed E-state index contributed by atoms with van der Waals surface area (Å²) in [6, 6.07) is 18.8. The molecule has 0 saturated heterocycles. The summed E-state index contributed by atoms with van der Waals surface area (Å²) < 4.78 is 42.3. The van der Waals surface area contributed by atoms with E-state index in [2.05, 4.69) is 10.5 Å². The van der Waals surface area contributed by atoms with E-state index < -0.39 is 18.0 Å². The van der Waals surface area contributed by atoms with Crippen LogP contribution in [0.4, 0.5) is 18.9 Å². The van der Waals surface area contributed by atoms with Crippen molar-refractivity contribution in [2.24, 2.45) is 5.10 Å². The number of benzene rings is 3. The lowest BCUT2D eigenvalue weighted by Crippen LogP contribution is -2.29.